The zero-order valence-electron chi connectivity index (χ0n) is 13.3. The number of alkyl halides is 4. The van der Waals surface area contributed by atoms with Crippen molar-refractivity contribution in [1.82, 2.24) is 4.90 Å². The Morgan fingerprint density at radius 1 is 1.26 bits per heavy atom. The quantitative estimate of drug-likeness (QED) is 0.569. The second-order valence-electron chi connectivity index (χ2n) is 6.39. The molecule has 23 heavy (non-hydrogen) atoms. The van der Waals surface area contributed by atoms with Crippen molar-refractivity contribution in [2.24, 2.45) is 5.92 Å². The van der Waals surface area contributed by atoms with E-state index in [0.29, 0.717) is 11.3 Å². The van der Waals surface area contributed by atoms with Gasteiger partial charge < -0.3 is 9.47 Å². The fourth-order valence-electron chi connectivity index (χ4n) is 2.59. The molecule has 0 bridgehead atoms. The first kappa shape index (κ1) is 19.9. The van der Waals surface area contributed by atoms with Gasteiger partial charge in [-0.1, -0.05) is 11.6 Å². The maximum atomic E-state index is 13.4. The Labute approximate surface area is 138 Å². The number of ether oxygens (including phenoxy) is 2. The number of esters is 1. The highest BCUT2D eigenvalue weighted by Crippen LogP contribution is 2.38. The molecule has 1 fully saturated rings. The van der Waals surface area contributed by atoms with Crippen LogP contribution in [-0.4, -0.2) is 47.4 Å². The van der Waals surface area contributed by atoms with Gasteiger partial charge in [0, 0.05) is 6.54 Å². The van der Waals surface area contributed by atoms with Crippen LogP contribution in [0, 0.1) is 5.92 Å². The number of hydrogen-bond donors (Lipinski definition) is 0. The van der Waals surface area contributed by atoms with Gasteiger partial charge in [0.2, 0.25) is 0 Å². The molecule has 0 N–H and O–H groups in total. The molecule has 134 valence electrons. The third-order valence-corrected chi connectivity index (χ3v) is 3.47. The minimum atomic E-state index is -4.66. The van der Waals surface area contributed by atoms with E-state index in [-0.39, 0.29) is 13.0 Å². The summed E-state index contributed by atoms with van der Waals surface area (Å²) in [5.41, 5.74) is -0.905. The van der Waals surface area contributed by atoms with Crippen molar-refractivity contribution in [3.63, 3.8) is 0 Å². The first-order valence-electron chi connectivity index (χ1n) is 7.23. The van der Waals surface area contributed by atoms with Gasteiger partial charge in [0.05, 0.1) is 6.42 Å². The molecule has 0 spiro atoms. The number of rotatable bonds is 3. The third-order valence-electron chi connectivity index (χ3n) is 3.36. The van der Waals surface area contributed by atoms with Gasteiger partial charge in [0.15, 0.2) is 6.07 Å². The van der Waals surface area contributed by atoms with E-state index in [9.17, 15) is 22.8 Å². The van der Waals surface area contributed by atoms with Gasteiger partial charge in [-0.2, -0.15) is 13.2 Å². The first-order chi connectivity index (χ1) is 10.5. The predicted molar refractivity (Wildman–Crippen MR) is 76.9 cm³/mol. The molecule has 1 amide bonds. The number of nitrogens with zero attached hydrogens (tertiary/aromatic N) is 1. The van der Waals surface area contributed by atoms with E-state index in [2.05, 4.69) is 4.74 Å². The minimum absolute atomic E-state index is 0.0693. The highest BCUT2D eigenvalue weighted by molar-refractivity contribution is 6.17. The Bertz CT molecular complexity index is 437. The van der Waals surface area contributed by atoms with Gasteiger partial charge in [-0.25, -0.2) is 4.79 Å². The van der Waals surface area contributed by atoms with E-state index >= 15 is 0 Å². The SMILES string of the molecule is CC(C)(C)OC(=O)N1CCCC(CC(=O)OCCl)C1C(F)(F)F. The van der Waals surface area contributed by atoms with E-state index < -0.39 is 48.3 Å². The zero-order chi connectivity index (χ0) is 17.8. The summed E-state index contributed by atoms with van der Waals surface area (Å²) >= 11 is 5.24. The second kappa shape index (κ2) is 7.59. The number of amides is 1. The van der Waals surface area contributed by atoms with Crippen LogP contribution < -0.4 is 0 Å². The number of carbonyl (C=O) groups excluding carboxylic acids is 2. The average Bonchev–Trinajstić information content (AvgIpc) is 2.35. The van der Waals surface area contributed by atoms with Crippen molar-refractivity contribution in [3.05, 3.63) is 0 Å². The summed E-state index contributed by atoms with van der Waals surface area (Å²) in [7, 11) is 0. The number of halogens is 4. The van der Waals surface area contributed by atoms with Crippen molar-refractivity contribution in [2.75, 3.05) is 12.6 Å². The number of likely N-dealkylation sites (tertiary alicyclic amines) is 1. The fourth-order valence-corrected chi connectivity index (χ4v) is 2.71. The van der Waals surface area contributed by atoms with E-state index in [1.165, 1.54) is 0 Å². The molecular weight excluding hydrogens is 339 g/mol. The van der Waals surface area contributed by atoms with E-state index in [1.54, 1.807) is 20.8 Å². The lowest BCUT2D eigenvalue weighted by atomic mass is 9.86. The molecule has 0 aliphatic carbocycles. The molecule has 2 atom stereocenters. The van der Waals surface area contributed by atoms with Crippen molar-refractivity contribution in [2.45, 2.75) is 57.9 Å². The lowest BCUT2D eigenvalue weighted by Crippen LogP contribution is -2.57. The number of piperidine rings is 1. The van der Waals surface area contributed by atoms with Crippen LogP contribution in [0.5, 0.6) is 0 Å². The standard InChI is InChI=1S/C14H21ClF3NO4/c1-13(2,3)23-12(21)19-6-4-5-9(7-10(20)22-8-15)11(19)14(16,17)18/h9,11H,4-8H2,1-3H3. The Balaban J connectivity index is 2.96. The van der Waals surface area contributed by atoms with Gasteiger partial charge >= 0.3 is 18.2 Å². The Morgan fingerprint density at radius 2 is 1.87 bits per heavy atom. The third kappa shape index (κ3) is 6.08. The van der Waals surface area contributed by atoms with Crippen LogP contribution >= 0.6 is 11.6 Å². The average molecular weight is 360 g/mol. The fraction of sp³-hybridized carbons (Fsp3) is 0.857. The maximum absolute atomic E-state index is 13.4. The van der Waals surface area contributed by atoms with Crippen molar-refractivity contribution >= 4 is 23.7 Å². The largest absolute Gasteiger partial charge is 0.449 e. The lowest BCUT2D eigenvalue weighted by Gasteiger charge is -2.42. The Hall–Kier alpha value is -1.18. The van der Waals surface area contributed by atoms with Crippen LogP contribution in [-0.2, 0) is 14.3 Å². The van der Waals surface area contributed by atoms with Crippen molar-refractivity contribution in [1.29, 1.82) is 0 Å². The molecule has 1 rings (SSSR count). The van der Waals surface area contributed by atoms with Crippen LogP contribution in [0.15, 0.2) is 0 Å². The monoisotopic (exact) mass is 359 g/mol. The molecule has 0 aromatic carbocycles. The summed E-state index contributed by atoms with van der Waals surface area (Å²) in [5, 5.41) is 0. The molecule has 0 radical (unpaired) electrons. The summed E-state index contributed by atoms with van der Waals surface area (Å²) in [6.07, 6.45) is -5.62. The zero-order valence-corrected chi connectivity index (χ0v) is 14.0. The minimum Gasteiger partial charge on any atom is -0.449 e. The van der Waals surface area contributed by atoms with Gasteiger partial charge in [-0.3, -0.25) is 9.69 Å². The van der Waals surface area contributed by atoms with Gasteiger partial charge in [0.1, 0.15) is 11.6 Å². The normalized spacial score (nSPS) is 22.7. The smallest absolute Gasteiger partial charge is 0.410 e. The molecule has 9 heteroatoms. The summed E-state index contributed by atoms with van der Waals surface area (Å²) in [5.74, 6) is -1.89. The van der Waals surface area contributed by atoms with Crippen LogP contribution in [0.2, 0.25) is 0 Å². The highest BCUT2D eigenvalue weighted by atomic mass is 35.5. The molecule has 1 aliphatic rings. The second-order valence-corrected chi connectivity index (χ2v) is 6.61. The summed E-state index contributed by atoms with van der Waals surface area (Å²) in [4.78, 5) is 24.2. The summed E-state index contributed by atoms with van der Waals surface area (Å²) in [6.45, 7) is 4.66. The van der Waals surface area contributed by atoms with E-state index in [4.69, 9.17) is 16.3 Å². The predicted octanol–water partition coefficient (Wildman–Crippen LogP) is 3.69. The Kier molecular flexibility index (Phi) is 6.56. The molecular formula is C14H21ClF3NO4. The summed E-state index contributed by atoms with van der Waals surface area (Å²) < 4.78 is 49.9. The van der Waals surface area contributed by atoms with Crippen LogP contribution in [0.25, 0.3) is 0 Å². The topological polar surface area (TPSA) is 55.8 Å². The Morgan fingerprint density at radius 3 is 2.35 bits per heavy atom. The molecule has 0 saturated carbocycles. The van der Waals surface area contributed by atoms with Gasteiger partial charge in [-0.05, 0) is 39.5 Å². The van der Waals surface area contributed by atoms with Crippen molar-refractivity contribution in [3.8, 4) is 0 Å². The lowest BCUT2D eigenvalue weighted by molar-refractivity contribution is -0.203. The molecule has 2 unspecified atom stereocenters. The molecule has 5 nitrogen and oxygen atoms in total. The van der Waals surface area contributed by atoms with Gasteiger partial charge in [0.25, 0.3) is 0 Å². The van der Waals surface area contributed by atoms with Gasteiger partial charge in [-0.15, -0.1) is 0 Å². The molecule has 1 saturated heterocycles. The summed E-state index contributed by atoms with van der Waals surface area (Å²) in [6, 6.07) is -2.49. The first-order valence-corrected chi connectivity index (χ1v) is 7.77. The van der Waals surface area contributed by atoms with Crippen LogP contribution in [0.4, 0.5) is 18.0 Å². The number of hydrogen-bond acceptors (Lipinski definition) is 4. The van der Waals surface area contributed by atoms with Crippen LogP contribution in [0.3, 0.4) is 0 Å². The maximum Gasteiger partial charge on any atom is 0.410 e. The molecule has 0 aromatic heterocycles. The highest BCUT2D eigenvalue weighted by Gasteiger charge is 2.52. The molecule has 1 heterocycles. The molecule has 1 aliphatic heterocycles. The number of carbonyl (C=O) groups is 2. The van der Waals surface area contributed by atoms with E-state index in [0.717, 1.165) is 0 Å². The van der Waals surface area contributed by atoms with Crippen molar-refractivity contribution < 1.29 is 32.2 Å². The van der Waals surface area contributed by atoms with E-state index in [1.807, 2.05) is 0 Å². The molecule has 0 aromatic rings. The van der Waals surface area contributed by atoms with Crippen LogP contribution in [0.1, 0.15) is 40.0 Å².